The first kappa shape index (κ1) is 30.5. The number of hydrogen-bond acceptors (Lipinski definition) is 4. The molecule has 2 aromatic rings. The second-order valence-electron chi connectivity index (χ2n) is 12.9. The van der Waals surface area contributed by atoms with Gasteiger partial charge in [-0.3, -0.25) is 13.9 Å². The van der Waals surface area contributed by atoms with E-state index in [1.165, 1.54) is 61.1 Å². The summed E-state index contributed by atoms with van der Waals surface area (Å²) in [5.74, 6) is 1.22. The molecule has 0 aromatic heterocycles. The minimum Gasteiger partial charge on any atom is -0.354 e. The van der Waals surface area contributed by atoms with Crippen LogP contribution in [0, 0.1) is 23.6 Å². The number of nitrogens with one attached hydrogen (secondary N) is 1. The zero-order valence-electron chi connectivity index (χ0n) is 25.0. The average molecular weight is 598 g/mol. The molecule has 228 valence electrons. The van der Waals surface area contributed by atoms with Gasteiger partial charge in [0.25, 0.3) is 0 Å². The number of carbonyl (C=O) groups excluding carboxylic acids is 2. The van der Waals surface area contributed by atoms with E-state index in [-0.39, 0.29) is 17.9 Å². The lowest BCUT2D eigenvalue weighted by Gasteiger charge is -2.57. The molecule has 0 aliphatic heterocycles. The highest BCUT2D eigenvalue weighted by molar-refractivity contribution is 7.92. The van der Waals surface area contributed by atoms with E-state index in [0.717, 1.165) is 34.7 Å². The van der Waals surface area contributed by atoms with Gasteiger partial charge in [0, 0.05) is 13.1 Å². The van der Waals surface area contributed by atoms with Crippen LogP contribution in [0.3, 0.4) is 0 Å². The van der Waals surface area contributed by atoms with Gasteiger partial charge in [-0.15, -0.1) is 0 Å². The van der Waals surface area contributed by atoms with E-state index < -0.39 is 34.3 Å². The molecular weight excluding hydrogens is 553 g/mol. The molecule has 4 saturated carbocycles. The van der Waals surface area contributed by atoms with E-state index in [1.807, 2.05) is 26.0 Å². The van der Waals surface area contributed by atoms with Crippen molar-refractivity contribution in [2.45, 2.75) is 83.2 Å². The molecule has 2 amide bonds. The van der Waals surface area contributed by atoms with Crippen LogP contribution in [0.4, 0.5) is 10.1 Å². The lowest BCUT2D eigenvalue weighted by atomic mass is 9.48. The second-order valence-corrected chi connectivity index (χ2v) is 14.8. The Bertz CT molecular complexity index is 1340. The van der Waals surface area contributed by atoms with Crippen molar-refractivity contribution in [1.82, 2.24) is 10.2 Å². The first-order valence-electron chi connectivity index (χ1n) is 15.4. The Labute approximate surface area is 249 Å². The van der Waals surface area contributed by atoms with Crippen molar-refractivity contribution in [3.05, 3.63) is 65.5 Å². The molecule has 0 spiro atoms. The number of nitrogens with zero attached hydrogens (tertiary/aromatic N) is 2. The summed E-state index contributed by atoms with van der Waals surface area (Å²) < 4.78 is 40.8. The van der Waals surface area contributed by atoms with Gasteiger partial charge in [0.05, 0.1) is 11.9 Å². The smallest absolute Gasteiger partial charge is 0.244 e. The van der Waals surface area contributed by atoms with E-state index in [0.29, 0.717) is 24.2 Å². The van der Waals surface area contributed by atoms with Gasteiger partial charge >= 0.3 is 0 Å². The Morgan fingerprint density at radius 3 is 2.02 bits per heavy atom. The highest BCUT2D eigenvalue weighted by atomic mass is 32.2. The van der Waals surface area contributed by atoms with Crippen LogP contribution < -0.4 is 9.62 Å². The molecule has 42 heavy (non-hydrogen) atoms. The van der Waals surface area contributed by atoms with E-state index in [9.17, 15) is 22.4 Å². The SMILES string of the molecule is CCCNC(=O)[C@@H](CC)N(Cc1ccc(F)cc1)C(=O)CN(c1ccc(C23CC4CC(CC(C4)C2)C3)cc1)S(C)(=O)=O. The van der Waals surface area contributed by atoms with Crippen LogP contribution in [0.2, 0.25) is 0 Å². The van der Waals surface area contributed by atoms with Crippen molar-refractivity contribution < 1.29 is 22.4 Å². The molecule has 4 aliphatic rings. The molecule has 4 fully saturated rings. The summed E-state index contributed by atoms with van der Waals surface area (Å²) >= 11 is 0. The average Bonchev–Trinajstić information content (AvgIpc) is 2.94. The highest BCUT2D eigenvalue weighted by Gasteiger charge is 2.51. The molecule has 0 saturated heterocycles. The second kappa shape index (κ2) is 12.3. The summed E-state index contributed by atoms with van der Waals surface area (Å²) in [6.45, 7) is 3.85. The molecule has 7 nitrogen and oxygen atoms in total. The molecule has 0 unspecified atom stereocenters. The monoisotopic (exact) mass is 597 g/mol. The largest absolute Gasteiger partial charge is 0.354 e. The fourth-order valence-corrected chi connectivity index (χ4v) is 8.98. The van der Waals surface area contributed by atoms with Crippen molar-refractivity contribution in [3.8, 4) is 0 Å². The van der Waals surface area contributed by atoms with E-state index in [1.54, 1.807) is 12.1 Å². The van der Waals surface area contributed by atoms with Gasteiger partial charge in [-0.2, -0.15) is 0 Å². The molecule has 1 N–H and O–H groups in total. The molecule has 0 radical (unpaired) electrons. The quantitative estimate of drug-likeness (QED) is 0.355. The van der Waals surface area contributed by atoms with Crippen LogP contribution in [0.1, 0.15) is 76.3 Å². The van der Waals surface area contributed by atoms with Gasteiger partial charge in [0.15, 0.2) is 0 Å². The molecule has 2 aromatic carbocycles. The van der Waals surface area contributed by atoms with Crippen LogP contribution in [-0.2, 0) is 31.6 Å². The topological polar surface area (TPSA) is 86.8 Å². The summed E-state index contributed by atoms with van der Waals surface area (Å²) in [4.78, 5) is 28.4. The summed E-state index contributed by atoms with van der Waals surface area (Å²) in [6.07, 6.45) is 9.89. The third kappa shape index (κ3) is 6.51. The Kier molecular flexibility index (Phi) is 8.97. The maximum Gasteiger partial charge on any atom is 0.244 e. The van der Waals surface area contributed by atoms with Crippen molar-refractivity contribution in [1.29, 1.82) is 0 Å². The number of amides is 2. The van der Waals surface area contributed by atoms with Crippen molar-refractivity contribution in [2.75, 3.05) is 23.7 Å². The Hall–Kier alpha value is -2.94. The van der Waals surface area contributed by atoms with Crippen molar-refractivity contribution >= 4 is 27.5 Å². The van der Waals surface area contributed by atoms with Gasteiger partial charge < -0.3 is 10.2 Å². The molecule has 4 aliphatic carbocycles. The zero-order chi connectivity index (χ0) is 30.1. The van der Waals surface area contributed by atoms with Crippen LogP contribution in [0.5, 0.6) is 0 Å². The Balaban J connectivity index is 1.39. The normalized spacial score (nSPS) is 25.2. The van der Waals surface area contributed by atoms with Gasteiger partial charge in [-0.1, -0.05) is 38.1 Å². The number of benzene rings is 2. The van der Waals surface area contributed by atoms with Crippen LogP contribution in [0.15, 0.2) is 48.5 Å². The predicted octanol–water partition coefficient (Wildman–Crippen LogP) is 5.39. The highest BCUT2D eigenvalue weighted by Crippen LogP contribution is 2.60. The third-order valence-corrected chi connectivity index (χ3v) is 10.8. The van der Waals surface area contributed by atoms with Crippen molar-refractivity contribution in [2.24, 2.45) is 17.8 Å². The minimum absolute atomic E-state index is 0.0553. The molecule has 0 heterocycles. The molecule has 1 atom stereocenters. The standard InChI is InChI=1S/C33H44FN3O4S/c1-4-14-35-32(39)30(5-2)36(21-23-6-10-28(34)11-7-23)31(38)22-37(42(3,40)41)29-12-8-27(9-13-29)33-18-24-15-25(19-33)17-26(16-24)20-33/h6-13,24-26,30H,4-5,14-22H2,1-3H3,(H,35,39)/t24?,25?,26?,30-,33?/m1/s1. The first-order chi connectivity index (χ1) is 20.0. The molecule has 6 rings (SSSR count). The van der Waals surface area contributed by atoms with Gasteiger partial charge in [-0.25, -0.2) is 12.8 Å². The number of carbonyl (C=O) groups is 2. The number of halogens is 1. The molecular formula is C33H44FN3O4S. The lowest BCUT2D eigenvalue weighted by molar-refractivity contribution is -0.140. The fourth-order valence-electron chi connectivity index (χ4n) is 8.13. The van der Waals surface area contributed by atoms with Crippen LogP contribution in [0.25, 0.3) is 0 Å². The zero-order valence-corrected chi connectivity index (χ0v) is 25.8. The Morgan fingerprint density at radius 1 is 0.952 bits per heavy atom. The fraction of sp³-hybridized carbons (Fsp3) is 0.576. The van der Waals surface area contributed by atoms with Gasteiger partial charge in [-0.05, 0) is 110 Å². The summed E-state index contributed by atoms with van der Waals surface area (Å²) in [5.41, 5.74) is 2.55. The van der Waals surface area contributed by atoms with E-state index >= 15 is 0 Å². The molecule has 9 heteroatoms. The first-order valence-corrected chi connectivity index (χ1v) is 17.3. The van der Waals surface area contributed by atoms with Crippen LogP contribution >= 0.6 is 0 Å². The van der Waals surface area contributed by atoms with Gasteiger partial charge in [0.1, 0.15) is 18.4 Å². The maximum absolute atomic E-state index is 13.9. The van der Waals surface area contributed by atoms with Crippen LogP contribution in [-0.4, -0.2) is 50.5 Å². The third-order valence-electron chi connectivity index (χ3n) is 9.69. The number of anilines is 1. The van der Waals surface area contributed by atoms with E-state index in [2.05, 4.69) is 17.4 Å². The summed E-state index contributed by atoms with van der Waals surface area (Å²) in [7, 11) is -3.81. The number of sulfonamides is 1. The van der Waals surface area contributed by atoms with Crippen molar-refractivity contribution in [3.63, 3.8) is 0 Å². The number of rotatable bonds is 12. The molecule has 4 bridgehead atoms. The minimum atomic E-state index is -3.81. The number of hydrogen-bond donors (Lipinski definition) is 1. The summed E-state index contributed by atoms with van der Waals surface area (Å²) in [6, 6.07) is 12.8. The summed E-state index contributed by atoms with van der Waals surface area (Å²) in [5, 5.41) is 2.86. The predicted molar refractivity (Wildman–Crippen MR) is 163 cm³/mol. The van der Waals surface area contributed by atoms with Gasteiger partial charge in [0.2, 0.25) is 21.8 Å². The Morgan fingerprint density at radius 2 is 1.52 bits per heavy atom. The maximum atomic E-state index is 13.9. The lowest BCUT2D eigenvalue weighted by Crippen LogP contribution is -2.52. The van der Waals surface area contributed by atoms with E-state index in [4.69, 9.17) is 0 Å².